The molecule has 1 aliphatic heterocycles. The minimum atomic E-state index is 0.731. The number of anilines is 1. The summed E-state index contributed by atoms with van der Waals surface area (Å²) < 4.78 is 7.62. The van der Waals surface area contributed by atoms with Gasteiger partial charge in [0.05, 0.1) is 18.9 Å². The Balaban J connectivity index is 2.02. The van der Waals surface area contributed by atoms with Gasteiger partial charge in [0.1, 0.15) is 0 Å². The van der Waals surface area contributed by atoms with Gasteiger partial charge in [0.25, 0.3) is 0 Å². The fraction of sp³-hybridized carbons (Fsp3) is 0.412. The number of benzene rings is 1. The number of hydrogen-bond acceptors (Lipinski definition) is 5. The quantitative estimate of drug-likeness (QED) is 0.622. The van der Waals surface area contributed by atoms with Crippen molar-refractivity contribution in [2.24, 2.45) is 0 Å². The molecule has 6 heteroatoms. The third kappa shape index (κ3) is 3.59. The lowest BCUT2D eigenvalue weighted by atomic mass is 10.2. The molecule has 0 atom stereocenters. The molecule has 0 aliphatic carbocycles. The highest BCUT2D eigenvalue weighted by molar-refractivity contribution is 7.99. The summed E-state index contributed by atoms with van der Waals surface area (Å²) in [6.45, 7) is 11.3. The molecule has 1 aromatic heterocycles. The van der Waals surface area contributed by atoms with Gasteiger partial charge < -0.3 is 9.64 Å². The van der Waals surface area contributed by atoms with Crippen LogP contribution < -0.4 is 4.90 Å². The van der Waals surface area contributed by atoms with Crippen molar-refractivity contribution in [1.82, 2.24) is 14.8 Å². The van der Waals surface area contributed by atoms with E-state index < -0.39 is 0 Å². The molecule has 5 nitrogen and oxygen atoms in total. The first-order chi connectivity index (χ1) is 11.2. The van der Waals surface area contributed by atoms with Crippen LogP contribution in [0.3, 0.4) is 0 Å². The van der Waals surface area contributed by atoms with Crippen molar-refractivity contribution in [2.75, 3.05) is 37.0 Å². The van der Waals surface area contributed by atoms with E-state index in [-0.39, 0.29) is 0 Å². The molecular weight excluding hydrogens is 308 g/mol. The van der Waals surface area contributed by atoms with Crippen LogP contribution >= 0.6 is 11.8 Å². The minimum absolute atomic E-state index is 0.731. The van der Waals surface area contributed by atoms with E-state index in [1.165, 1.54) is 5.56 Å². The highest BCUT2D eigenvalue weighted by atomic mass is 32.2. The standard InChI is InChI=1S/C17H22N4OS/c1-13(2)12-23-17-19-18-16(20-8-10-22-11-9-20)21(17)15-7-5-4-6-14(15)3/h4-7H,1,8-12H2,2-3H3. The van der Waals surface area contributed by atoms with Crippen LogP contribution in [0.1, 0.15) is 12.5 Å². The first-order valence-electron chi connectivity index (χ1n) is 7.78. The van der Waals surface area contributed by atoms with Gasteiger partial charge in [-0.25, -0.2) is 0 Å². The molecule has 0 bridgehead atoms. The molecule has 0 amide bonds. The van der Waals surface area contributed by atoms with E-state index in [0.29, 0.717) is 0 Å². The van der Waals surface area contributed by atoms with E-state index in [9.17, 15) is 0 Å². The third-order valence-electron chi connectivity index (χ3n) is 3.71. The normalized spacial score (nSPS) is 15.0. The SMILES string of the molecule is C=C(C)CSc1nnc(N2CCOCC2)n1-c1ccccc1C. The van der Waals surface area contributed by atoms with Crippen LogP contribution in [0.5, 0.6) is 0 Å². The van der Waals surface area contributed by atoms with Gasteiger partial charge in [-0.1, -0.05) is 42.1 Å². The lowest BCUT2D eigenvalue weighted by Gasteiger charge is -2.28. The van der Waals surface area contributed by atoms with Crippen LogP contribution in [0, 0.1) is 6.92 Å². The summed E-state index contributed by atoms with van der Waals surface area (Å²) in [6.07, 6.45) is 0. The second kappa shape index (κ2) is 7.19. The van der Waals surface area contributed by atoms with Gasteiger partial charge >= 0.3 is 0 Å². The van der Waals surface area contributed by atoms with E-state index in [0.717, 1.165) is 54.4 Å². The summed E-state index contributed by atoms with van der Waals surface area (Å²) in [5.74, 6) is 1.74. The van der Waals surface area contributed by atoms with Crippen molar-refractivity contribution in [3.05, 3.63) is 42.0 Å². The molecule has 3 rings (SSSR count). The van der Waals surface area contributed by atoms with Crippen LogP contribution in [-0.2, 0) is 4.74 Å². The zero-order chi connectivity index (χ0) is 16.2. The number of para-hydroxylation sites is 1. The predicted octanol–water partition coefficient (Wildman–Crippen LogP) is 3.08. The van der Waals surface area contributed by atoms with E-state index in [1.54, 1.807) is 11.8 Å². The zero-order valence-electron chi connectivity index (χ0n) is 13.7. The van der Waals surface area contributed by atoms with Crippen LogP contribution in [0.2, 0.25) is 0 Å². The van der Waals surface area contributed by atoms with Crippen molar-refractivity contribution in [3.8, 4) is 5.69 Å². The smallest absolute Gasteiger partial charge is 0.232 e. The summed E-state index contributed by atoms with van der Waals surface area (Å²) in [7, 11) is 0. The molecule has 122 valence electrons. The molecule has 1 fully saturated rings. The number of rotatable bonds is 5. The van der Waals surface area contributed by atoms with Gasteiger partial charge in [0, 0.05) is 18.8 Å². The van der Waals surface area contributed by atoms with E-state index in [4.69, 9.17) is 4.74 Å². The summed E-state index contributed by atoms with van der Waals surface area (Å²) in [5.41, 5.74) is 3.46. The largest absolute Gasteiger partial charge is 0.378 e. The van der Waals surface area contributed by atoms with Crippen molar-refractivity contribution < 1.29 is 4.74 Å². The molecule has 0 saturated carbocycles. The summed E-state index contributed by atoms with van der Waals surface area (Å²) in [6, 6.07) is 8.34. The molecule has 23 heavy (non-hydrogen) atoms. The number of ether oxygens (including phenoxy) is 1. The van der Waals surface area contributed by atoms with Crippen molar-refractivity contribution in [3.63, 3.8) is 0 Å². The second-order valence-electron chi connectivity index (χ2n) is 5.75. The number of hydrogen-bond donors (Lipinski definition) is 0. The predicted molar refractivity (Wildman–Crippen MR) is 94.7 cm³/mol. The zero-order valence-corrected chi connectivity index (χ0v) is 14.5. The maximum Gasteiger partial charge on any atom is 0.232 e. The van der Waals surface area contributed by atoms with Crippen molar-refractivity contribution in [1.29, 1.82) is 0 Å². The maximum atomic E-state index is 5.46. The van der Waals surface area contributed by atoms with Gasteiger partial charge in [0.15, 0.2) is 5.16 Å². The fourth-order valence-electron chi connectivity index (χ4n) is 2.54. The number of thioether (sulfide) groups is 1. The van der Waals surface area contributed by atoms with Gasteiger partial charge in [-0.15, -0.1) is 10.2 Å². The molecule has 0 spiro atoms. The third-order valence-corrected chi connectivity index (χ3v) is 4.87. The average Bonchev–Trinajstić information content (AvgIpc) is 2.98. The van der Waals surface area contributed by atoms with E-state index in [1.807, 2.05) is 6.92 Å². The molecule has 1 saturated heterocycles. The van der Waals surface area contributed by atoms with Crippen molar-refractivity contribution >= 4 is 17.7 Å². The Kier molecular flexibility index (Phi) is 5.03. The van der Waals surface area contributed by atoms with Crippen LogP contribution in [-0.4, -0.2) is 46.8 Å². The van der Waals surface area contributed by atoms with Gasteiger partial charge in [-0.05, 0) is 25.5 Å². The highest BCUT2D eigenvalue weighted by Gasteiger charge is 2.22. The Bertz CT molecular complexity index is 692. The lowest BCUT2D eigenvalue weighted by molar-refractivity contribution is 0.122. The van der Waals surface area contributed by atoms with Crippen LogP contribution in [0.25, 0.3) is 5.69 Å². The number of morpholine rings is 1. The Morgan fingerprint density at radius 3 is 2.70 bits per heavy atom. The summed E-state index contributed by atoms with van der Waals surface area (Å²) >= 11 is 1.68. The van der Waals surface area contributed by atoms with Gasteiger partial charge in [-0.3, -0.25) is 4.57 Å². The molecule has 0 N–H and O–H groups in total. The first-order valence-corrected chi connectivity index (χ1v) is 8.76. The van der Waals surface area contributed by atoms with Gasteiger partial charge in [-0.2, -0.15) is 0 Å². The average molecular weight is 330 g/mol. The topological polar surface area (TPSA) is 43.2 Å². The molecule has 0 unspecified atom stereocenters. The highest BCUT2D eigenvalue weighted by Crippen LogP contribution is 2.29. The molecule has 2 aromatic rings. The minimum Gasteiger partial charge on any atom is -0.378 e. The van der Waals surface area contributed by atoms with Crippen LogP contribution in [0.4, 0.5) is 5.95 Å². The Hall–Kier alpha value is -1.79. The van der Waals surface area contributed by atoms with Gasteiger partial charge in [0.2, 0.25) is 5.95 Å². The molecule has 1 aromatic carbocycles. The fourth-order valence-corrected chi connectivity index (χ4v) is 3.32. The molecule has 2 heterocycles. The van der Waals surface area contributed by atoms with E-state index in [2.05, 4.69) is 57.4 Å². The first kappa shape index (κ1) is 16.1. The Labute approximate surface area is 141 Å². The summed E-state index contributed by atoms with van der Waals surface area (Å²) in [4.78, 5) is 2.24. The molecule has 0 radical (unpaired) electrons. The van der Waals surface area contributed by atoms with E-state index >= 15 is 0 Å². The number of nitrogens with zero attached hydrogens (tertiary/aromatic N) is 4. The van der Waals surface area contributed by atoms with Crippen LogP contribution in [0.15, 0.2) is 41.6 Å². The molecular formula is C17H22N4OS. The Morgan fingerprint density at radius 2 is 2.00 bits per heavy atom. The lowest BCUT2D eigenvalue weighted by Crippen LogP contribution is -2.38. The Morgan fingerprint density at radius 1 is 1.26 bits per heavy atom. The number of aromatic nitrogens is 3. The van der Waals surface area contributed by atoms with Crippen molar-refractivity contribution in [2.45, 2.75) is 19.0 Å². The molecule has 1 aliphatic rings. The number of aryl methyl sites for hydroxylation is 1. The summed E-state index contributed by atoms with van der Waals surface area (Å²) in [5, 5.41) is 9.81. The maximum absolute atomic E-state index is 5.46. The monoisotopic (exact) mass is 330 g/mol. The second-order valence-corrected chi connectivity index (χ2v) is 6.69.